The minimum atomic E-state index is -0.465. The molecule has 0 aliphatic carbocycles. The van der Waals surface area contributed by atoms with Gasteiger partial charge in [0, 0.05) is 36.3 Å². The van der Waals surface area contributed by atoms with Crippen molar-refractivity contribution in [3.63, 3.8) is 0 Å². The number of benzene rings is 1. The summed E-state index contributed by atoms with van der Waals surface area (Å²) in [7, 11) is 0. The fourth-order valence-corrected chi connectivity index (χ4v) is 4.21. The fourth-order valence-electron chi connectivity index (χ4n) is 3.53. The van der Waals surface area contributed by atoms with Crippen LogP contribution in [0.5, 0.6) is 5.75 Å². The van der Waals surface area contributed by atoms with E-state index in [1.54, 1.807) is 29.4 Å². The molecule has 0 bridgehead atoms. The summed E-state index contributed by atoms with van der Waals surface area (Å²) in [5.74, 6) is 0.425. The van der Waals surface area contributed by atoms with Crippen LogP contribution in [-0.4, -0.2) is 34.3 Å². The standard InChI is InChI=1S/C23H23N3O3S/c27-22(20-9-1-2-12-26(20)23(28)21-10-5-13-30-21)25-18-7-3-8-19(14-18)29-16-17-6-4-11-24-15-17/h3-8,10-11,13-15,20H,1-2,9,12,16H2,(H,25,27). The lowest BCUT2D eigenvalue weighted by Gasteiger charge is -2.34. The van der Waals surface area contributed by atoms with Crippen molar-refractivity contribution in [2.75, 3.05) is 11.9 Å². The zero-order valence-corrected chi connectivity index (χ0v) is 17.3. The topological polar surface area (TPSA) is 71.5 Å². The van der Waals surface area contributed by atoms with Crippen LogP contribution in [0.4, 0.5) is 5.69 Å². The Bertz CT molecular complexity index is 992. The van der Waals surface area contributed by atoms with E-state index in [1.807, 2.05) is 41.8 Å². The second-order valence-corrected chi connectivity index (χ2v) is 8.10. The van der Waals surface area contributed by atoms with Crippen LogP contribution in [0, 0.1) is 0 Å². The predicted octanol–water partition coefficient (Wildman–Crippen LogP) is 4.36. The van der Waals surface area contributed by atoms with Gasteiger partial charge in [0.15, 0.2) is 0 Å². The number of nitrogens with zero attached hydrogens (tertiary/aromatic N) is 2. The predicted molar refractivity (Wildman–Crippen MR) is 117 cm³/mol. The molecule has 2 amide bonds. The van der Waals surface area contributed by atoms with E-state index in [1.165, 1.54) is 11.3 Å². The molecule has 2 aromatic heterocycles. The average molecular weight is 422 g/mol. The van der Waals surface area contributed by atoms with Crippen LogP contribution >= 0.6 is 11.3 Å². The van der Waals surface area contributed by atoms with Crippen LogP contribution in [0.15, 0.2) is 66.3 Å². The number of thiophene rings is 1. The molecule has 0 spiro atoms. The van der Waals surface area contributed by atoms with Gasteiger partial charge in [0.2, 0.25) is 5.91 Å². The van der Waals surface area contributed by atoms with Gasteiger partial charge in [-0.1, -0.05) is 18.2 Å². The van der Waals surface area contributed by atoms with Crippen molar-refractivity contribution in [2.45, 2.75) is 31.9 Å². The molecule has 1 aromatic carbocycles. The van der Waals surface area contributed by atoms with Crippen molar-refractivity contribution in [3.05, 3.63) is 76.7 Å². The van der Waals surface area contributed by atoms with Gasteiger partial charge in [-0.15, -0.1) is 11.3 Å². The molecule has 4 rings (SSSR count). The van der Waals surface area contributed by atoms with Crippen LogP contribution in [0.25, 0.3) is 0 Å². The summed E-state index contributed by atoms with van der Waals surface area (Å²) in [4.78, 5) is 32.3. The number of pyridine rings is 1. The number of carbonyl (C=O) groups excluding carboxylic acids is 2. The van der Waals surface area contributed by atoms with Crippen LogP contribution in [0.2, 0.25) is 0 Å². The van der Waals surface area contributed by atoms with E-state index >= 15 is 0 Å². The Kier molecular flexibility index (Phi) is 6.39. The molecule has 1 unspecified atom stereocenters. The lowest BCUT2D eigenvalue weighted by Crippen LogP contribution is -2.49. The highest BCUT2D eigenvalue weighted by atomic mass is 32.1. The summed E-state index contributed by atoms with van der Waals surface area (Å²) in [5, 5.41) is 4.84. The molecule has 7 heteroatoms. The van der Waals surface area contributed by atoms with Gasteiger partial charge in [0.25, 0.3) is 5.91 Å². The smallest absolute Gasteiger partial charge is 0.264 e. The Balaban J connectivity index is 1.41. The van der Waals surface area contributed by atoms with E-state index in [0.29, 0.717) is 35.9 Å². The molecular weight excluding hydrogens is 398 g/mol. The van der Waals surface area contributed by atoms with E-state index in [4.69, 9.17) is 4.74 Å². The summed E-state index contributed by atoms with van der Waals surface area (Å²) in [6, 6.07) is 14.3. The maximum atomic E-state index is 13.0. The number of likely N-dealkylation sites (tertiary alicyclic amines) is 1. The zero-order chi connectivity index (χ0) is 20.8. The third-order valence-corrected chi connectivity index (χ3v) is 5.89. The van der Waals surface area contributed by atoms with Crippen molar-refractivity contribution < 1.29 is 14.3 Å². The fraction of sp³-hybridized carbons (Fsp3) is 0.261. The number of hydrogen-bond donors (Lipinski definition) is 1. The molecule has 1 aliphatic rings. The summed E-state index contributed by atoms with van der Waals surface area (Å²) < 4.78 is 5.81. The largest absolute Gasteiger partial charge is 0.489 e. The molecule has 3 aromatic rings. The SMILES string of the molecule is O=C(Nc1cccc(OCc2cccnc2)c1)C1CCCCN1C(=O)c1cccs1. The number of carbonyl (C=O) groups is 2. The average Bonchev–Trinajstić information content (AvgIpc) is 3.33. The first-order valence-corrected chi connectivity index (χ1v) is 10.9. The van der Waals surface area contributed by atoms with E-state index in [9.17, 15) is 9.59 Å². The van der Waals surface area contributed by atoms with Crippen LogP contribution in [-0.2, 0) is 11.4 Å². The van der Waals surface area contributed by atoms with Gasteiger partial charge >= 0.3 is 0 Å². The van der Waals surface area contributed by atoms with Gasteiger partial charge in [-0.2, -0.15) is 0 Å². The summed E-state index contributed by atoms with van der Waals surface area (Å²) in [5.41, 5.74) is 1.62. The maximum absolute atomic E-state index is 13.0. The quantitative estimate of drug-likeness (QED) is 0.642. The van der Waals surface area contributed by atoms with Gasteiger partial charge in [-0.25, -0.2) is 0 Å². The Morgan fingerprint density at radius 3 is 2.90 bits per heavy atom. The number of nitrogens with one attached hydrogen (secondary N) is 1. The van der Waals surface area contributed by atoms with Crippen molar-refractivity contribution in [1.82, 2.24) is 9.88 Å². The summed E-state index contributed by atoms with van der Waals surface area (Å²) in [6.07, 6.45) is 5.99. The molecule has 3 heterocycles. The van der Waals surface area contributed by atoms with E-state index in [0.717, 1.165) is 18.4 Å². The third kappa shape index (κ3) is 4.86. The zero-order valence-electron chi connectivity index (χ0n) is 16.5. The Labute approximate surface area is 179 Å². The van der Waals surface area contributed by atoms with Crippen LogP contribution in [0.1, 0.15) is 34.5 Å². The number of aromatic nitrogens is 1. The van der Waals surface area contributed by atoms with Crippen molar-refractivity contribution in [1.29, 1.82) is 0 Å². The molecule has 1 N–H and O–H groups in total. The van der Waals surface area contributed by atoms with Crippen LogP contribution < -0.4 is 10.1 Å². The summed E-state index contributed by atoms with van der Waals surface area (Å²) >= 11 is 1.40. The first-order valence-electron chi connectivity index (χ1n) is 9.98. The van der Waals surface area contributed by atoms with Crippen LogP contribution in [0.3, 0.4) is 0 Å². The Hall–Kier alpha value is -3.19. The Morgan fingerprint density at radius 2 is 2.10 bits per heavy atom. The lowest BCUT2D eigenvalue weighted by atomic mass is 10.0. The number of ether oxygens (including phenoxy) is 1. The van der Waals surface area contributed by atoms with Gasteiger partial charge in [0.05, 0.1) is 4.88 Å². The summed E-state index contributed by atoms with van der Waals surface area (Å²) in [6.45, 7) is 1.00. The number of hydrogen-bond acceptors (Lipinski definition) is 5. The van der Waals surface area contributed by atoms with Gasteiger partial charge in [-0.05, 0) is 48.9 Å². The Morgan fingerprint density at radius 1 is 1.17 bits per heavy atom. The number of rotatable bonds is 6. The normalized spacial score (nSPS) is 16.1. The first kappa shape index (κ1) is 20.1. The molecular formula is C23H23N3O3S. The first-order chi connectivity index (χ1) is 14.7. The van der Waals surface area contributed by atoms with Gasteiger partial charge in [-0.3, -0.25) is 14.6 Å². The molecule has 6 nitrogen and oxygen atoms in total. The molecule has 0 saturated carbocycles. The molecule has 1 aliphatic heterocycles. The van der Waals surface area contributed by atoms with E-state index in [2.05, 4.69) is 10.3 Å². The van der Waals surface area contributed by atoms with Gasteiger partial charge in [0.1, 0.15) is 18.4 Å². The lowest BCUT2D eigenvalue weighted by molar-refractivity contribution is -0.121. The highest BCUT2D eigenvalue weighted by molar-refractivity contribution is 7.12. The van der Waals surface area contributed by atoms with Gasteiger partial charge < -0.3 is 15.0 Å². The third-order valence-electron chi connectivity index (χ3n) is 5.03. The molecule has 30 heavy (non-hydrogen) atoms. The molecule has 1 fully saturated rings. The molecule has 0 radical (unpaired) electrons. The second kappa shape index (κ2) is 9.54. The number of piperidine rings is 1. The second-order valence-electron chi connectivity index (χ2n) is 7.15. The molecule has 154 valence electrons. The highest BCUT2D eigenvalue weighted by Crippen LogP contribution is 2.24. The number of amides is 2. The minimum Gasteiger partial charge on any atom is -0.489 e. The monoisotopic (exact) mass is 421 g/mol. The molecule has 1 saturated heterocycles. The van der Waals surface area contributed by atoms with Crippen molar-refractivity contribution >= 4 is 28.8 Å². The highest BCUT2D eigenvalue weighted by Gasteiger charge is 2.33. The van der Waals surface area contributed by atoms with Crippen molar-refractivity contribution in [2.24, 2.45) is 0 Å². The van der Waals surface area contributed by atoms with E-state index in [-0.39, 0.29) is 11.8 Å². The minimum absolute atomic E-state index is 0.0709. The molecule has 1 atom stereocenters. The number of anilines is 1. The van der Waals surface area contributed by atoms with E-state index < -0.39 is 6.04 Å². The maximum Gasteiger partial charge on any atom is 0.264 e. The van der Waals surface area contributed by atoms with Crippen molar-refractivity contribution in [3.8, 4) is 5.75 Å².